The molecule has 2 heterocycles. The number of methoxy groups -OCH3 is 2. The maximum Gasteiger partial charge on any atom is 0.161 e. The van der Waals surface area contributed by atoms with Crippen LogP contribution in [-0.2, 0) is 0 Å². The van der Waals surface area contributed by atoms with E-state index in [1.54, 1.807) is 49.4 Å². The van der Waals surface area contributed by atoms with Crippen LogP contribution in [-0.4, -0.2) is 29.0 Å². The molecule has 5 nitrogen and oxygen atoms in total. The molecule has 154 valence electrons. The quantitative estimate of drug-likeness (QED) is 0.385. The first-order valence-electron chi connectivity index (χ1n) is 9.54. The minimum Gasteiger partial charge on any atom is -0.493 e. The molecule has 0 bridgehead atoms. The van der Waals surface area contributed by atoms with Crippen LogP contribution in [0.1, 0.15) is 0 Å². The lowest BCUT2D eigenvalue weighted by molar-refractivity contribution is 0.355. The summed E-state index contributed by atoms with van der Waals surface area (Å²) in [6, 6.07) is 15.9. The van der Waals surface area contributed by atoms with E-state index in [9.17, 15) is 8.78 Å². The maximum atomic E-state index is 14.1. The minimum atomic E-state index is -0.374. The van der Waals surface area contributed by atoms with Crippen molar-refractivity contribution in [1.29, 1.82) is 0 Å². The molecule has 5 rings (SSSR count). The van der Waals surface area contributed by atoms with Gasteiger partial charge in [-0.05, 0) is 60.7 Å². The lowest BCUT2D eigenvalue weighted by Crippen LogP contribution is -1.98. The van der Waals surface area contributed by atoms with Crippen LogP contribution in [0.4, 0.5) is 8.78 Å². The summed E-state index contributed by atoms with van der Waals surface area (Å²) in [6.45, 7) is 0. The summed E-state index contributed by atoms with van der Waals surface area (Å²) in [4.78, 5) is 4.50. The Morgan fingerprint density at radius 3 is 2.26 bits per heavy atom. The Balaban J connectivity index is 1.86. The summed E-state index contributed by atoms with van der Waals surface area (Å²) in [7, 11) is 3.13. The zero-order valence-electron chi connectivity index (χ0n) is 16.8. The van der Waals surface area contributed by atoms with Gasteiger partial charge < -0.3 is 9.47 Å². The van der Waals surface area contributed by atoms with Crippen molar-refractivity contribution in [3.63, 3.8) is 0 Å². The van der Waals surface area contributed by atoms with E-state index in [0.29, 0.717) is 39.3 Å². The number of hydrogen-bond acceptors (Lipinski definition) is 4. The number of benzene rings is 3. The first-order chi connectivity index (χ1) is 15.1. The molecular weight excluding hydrogens is 400 g/mol. The van der Waals surface area contributed by atoms with E-state index in [0.717, 1.165) is 10.9 Å². The molecule has 0 amide bonds. The van der Waals surface area contributed by atoms with Crippen molar-refractivity contribution in [3.05, 3.63) is 78.5 Å². The fraction of sp³-hybridized carbons (Fsp3) is 0.0833. The maximum absolute atomic E-state index is 14.1. The molecule has 7 heteroatoms. The monoisotopic (exact) mass is 417 g/mol. The molecule has 2 aromatic heterocycles. The molecule has 0 aliphatic carbocycles. The number of aromatic nitrogens is 3. The van der Waals surface area contributed by atoms with Gasteiger partial charge in [0.05, 0.1) is 30.9 Å². The zero-order valence-corrected chi connectivity index (χ0v) is 16.8. The van der Waals surface area contributed by atoms with Crippen LogP contribution in [0, 0.1) is 11.6 Å². The van der Waals surface area contributed by atoms with Crippen LogP contribution in [0.2, 0.25) is 0 Å². The average Bonchev–Trinajstić information content (AvgIpc) is 3.19. The van der Waals surface area contributed by atoms with E-state index in [4.69, 9.17) is 14.6 Å². The summed E-state index contributed by atoms with van der Waals surface area (Å²) in [5.41, 5.74) is 3.38. The van der Waals surface area contributed by atoms with Gasteiger partial charge in [0, 0.05) is 22.5 Å². The summed E-state index contributed by atoms with van der Waals surface area (Å²) in [5, 5.41) is 6.15. The minimum absolute atomic E-state index is 0.349. The third-order valence-electron chi connectivity index (χ3n) is 5.20. The summed E-state index contributed by atoms with van der Waals surface area (Å²) < 4.78 is 40.1. The Morgan fingerprint density at radius 2 is 1.52 bits per heavy atom. The summed E-state index contributed by atoms with van der Waals surface area (Å²) >= 11 is 0. The topological polar surface area (TPSA) is 49.2 Å². The van der Waals surface area contributed by atoms with Crippen LogP contribution in [0.15, 0.2) is 66.9 Å². The molecule has 0 fully saturated rings. The van der Waals surface area contributed by atoms with Gasteiger partial charge in [-0.15, -0.1) is 0 Å². The second-order valence-electron chi connectivity index (χ2n) is 6.99. The zero-order chi connectivity index (χ0) is 21.5. The first kappa shape index (κ1) is 19.0. The van der Waals surface area contributed by atoms with Crippen molar-refractivity contribution in [2.45, 2.75) is 0 Å². The standard InChI is InChI=1S/C24H17F2N3O2/c1-30-21-10-3-14(11-22(21)31-2)23-19-13-27-20-9-6-16(26)12-18(20)24(19)29(28-23)17-7-4-15(25)5-8-17/h3-13H,1-2H3. The highest BCUT2D eigenvalue weighted by Gasteiger charge is 2.19. The number of ether oxygens (including phenoxy) is 2. The normalized spacial score (nSPS) is 11.2. The molecule has 0 unspecified atom stereocenters. The Morgan fingerprint density at radius 1 is 0.774 bits per heavy atom. The molecule has 0 spiro atoms. The molecular formula is C24H17F2N3O2. The Labute approximate surface area is 176 Å². The van der Waals surface area contributed by atoms with Crippen molar-refractivity contribution in [2.75, 3.05) is 14.2 Å². The van der Waals surface area contributed by atoms with Crippen LogP contribution >= 0.6 is 0 Å². The van der Waals surface area contributed by atoms with E-state index in [1.807, 2.05) is 12.1 Å². The van der Waals surface area contributed by atoms with Crippen molar-refractivity contribution < 1.29 is 18.3 Å². The largest absolute Gasteiger partial charge is 0.493 e. The van der Waals surface area contributed by atoms with Gasteiger partial charge in [-0.1, -0.05) is 0 Å². The molecule has 0 atom stereocenters. The molecule has 0 radical (unpaired) electrons. The van der Waals surface area contributed by atoms with Crippen LogP contribution < -0.4 is 9.47 Å². The number of pyridine rings is 1. The highest BCUT2D eigenvalue weighted by molar-refractivity contribution is 6.08. The van der Waals surface area contributed by atoms with Gasteiger partial charge in [0.25, 0.3) is 0 Å². The van der Waals surface area contributed by atoms with Gasteiger partial charge in [-0.3, -0.25) is 4.98 Å². The molecule has 0 saturated carbocycles. The molecule has 3 aromatic carbocycles. The predicted molar refractivity (Wildman–Crippen MR) is 115 cm³/mol. The Hall–Kier alpha value is -4.00. The van der Waals surface area contributed by atoms with Crippen LogP contribution in [0.3, 0.4) is 0 Å². The van der Waals surface area contributed by atoms with Gasteiger partial charge in [-0.2, -0.15) is 5.10 Å². The van der Waals surface area contributed by atoms with Gasteiger partial charge >= 0.3 is 0 Å². The second-order valence-corrected chi connectivity index (χ2v) is 6.99. The SMILES string of the molecule is COc1ccc(-c2nn(-c3ccc(F)cc3)c3c2cnc2ccc(F)cc23)cc1OC. The lowest BCUT2D eigenvalue weighted by Gasteiger charge is -2.08. The van der Waals surface area contributed by atoms with Gasteiger partial charge in [-0.25, -0.2) is 13.5 Å². The van der Waals surface area contributed by atoms with E-state index >= 15 is 0 Å². The number of rotatable bonds is 4. The number of halogens is 2. The Bertz CT molecular complexity index is 1430. The summed E-state index contributed by atoms with van der Waals surface area (Å²) in [6.07, 6.45) is 1.72. The van der Waals surface area contributed by atoms with E-state index in [2.05, 4.69) is 4.98 Å². The second kappa shape index (κ2) is 7.36. The first-order valence-corrected chi connectivity index (χ1v) is 9.54. The molecule has 0 aliphatic heterocycles. The van der Waals surface area contributed by atoms with Crippen LogP contribution in [0.5, 0.6) is 11.5 Å². The predicted octanol–water partition coefficient (Wildman–Crippen LogP) is 5.54. The third-order valence-corrected chi connectivity index (χ3v) is 5.20. The van der Waals surface area contributed by atoms with Crippen molar-refractivity contribution in [2.24, 2.45) is 0 Å². The lowest BCUT2D eigenvalue weighted by atomic mass is 10.1. The molecule has 31 heavy (non-hydrogen) atoms. The fourth-order valence-corrected chi connectivity index (χ4v) is 3.72. The number of fused-ring (bicyclic) bond motifs is 3. The van der Waals surface area contributed by atoms with Crippen molar-refractivity contribution in [1.82, 2.24) is 14.8 Å². The van der Waals surface area contributed by atoms with E-state index < -0.39 is 0 Å². The Kier molecular flexibility index (Phi) is 4.51. The molecule has 5 aromatic rings. The van der Waals surface area contributed by atoms with E-state index in [-0.39, 0.29) is 11.6 Å². The van der Waals surface area contributed by atoms with Gasteiger partial charge in [0.15, 0.2) is 11.5 Å². The molecule has 0 N–H and O–H groups in total. The highest BCUT2D eigenvalue weighted by atomic mass is 19.1. The smallest absolute Gasteiger partial charge is 0.161 e. The molecule has 0 aliphatic rings. The number of nitrogens with zero attached hydrogens (tertiary/aromatic N) is 3. The van der Waals surface area contributed by atoms with Crippen molar-refractivity contribution in [3.8, 4) is 28.4 Å². The highest BCUT2D eigenvalue weighted by Crippen LogP contribution is 2.37. The van der Waals surface area contributed by atoms with Gasteiger partial charge in [0.1, 0.15) is 17.3 Å². The van der Waals surface area contributed by atoms with Crippen molar-refractivity contribution >= 4 is 21.8 Å². The molecule has 0 saturated heterocycles. The summed E-state index contributed by atoms with van der Waals surface area (Å²) in [5.74, 6) is 0.433. The average molecular weight is 417 g/mol. The van der Waals surface area contributed by atoms with E-state index in [1.165, 1.54) is 24.3 Å². The van der Waals surface area contributed by atoms with Gasteiger partial charge in [0.2, 0.25) is 0 Å². The fourth-order valence-electron chi connectivity index (χ4n) is 3.72. The number of hydrogen-bond donors (Lipinski definition) is 0. The third kappa shape index (κ3) is 3.15. The van der Waals surface area contributed by atoms with Crippen LogP contribution in [0.25, 0.3) is 38.8 Å².